The van der Waals surface area contributed by atoms with Crippen LogP contribution in [0.4, 0.5) is 0 Å². The van der Waals surface area contributed by atoms with E-state index in [1.807, 2.05) is 40.9 Å². The number of carbonyl (C=O) groups excluding carboxylic acids is 4. The van der Waals surface area contributed by atoms with Crippen LogP contribution in [0.25, 0.3) is 70.3 Å². The maximum atomic E-state index is 15.4. The van der Waals surface area contributed by atoms with E-state index in [-0.39, 0.29) is 23.6 Å². The van der Waals surface area contributed by atoms with Gasteiger partial charge in [0.25, 0.3) is 23.6 Å². The molecule has 89 heavy (non-hydrogen) atoms. The maximum absolute atomic E-state index is 15.4. The minimum atomic E-state index is -0.200. The molecule has 2 aliphatic rings. The second-order valence-corrected chi connectivity index (χ2v) is 33.8. The van der Waals surface area contributed by atoms with Gasteiger partial charge in [-0.25, -0.2) is 0 Å². The molecule has 6 nitrogen and oxygen atoms in total. The van der Waals surface area contributed by atoms with E-state index >= 15 is 9.59 Å². The Morgan fingerprint density at radius 1 is 0.348 bits per heavy atom. The monoisotopic (exact) mass is 1330 g/mol. The van der Waals surface area contributed by atoms with E-state index in [2.05, 4.69) is 97.0 Å². The van der Waals surface area contributed by atoms with Crippen LogP contribution in [0.2, 0.25) is 0 Å². The van der Waals surface area contributed by atoms with Gasteiger partial charge in [0.15, 0.2) is 0 Å². The third kappa shape index (κ3) is 15.5. The first kappa shape index (κ1) is 67.8. The topological polar surface area (TPSA) is 74.8 Å². The summed E-state index contributed by atoms with van der Waals surface area (Å²) in [6.07, 6.45) is 35.7. The van der Waals surface area contributed by atoms with Gasteiger partial charge in [-0.2, -0.15) is 0 Å². The van der Waals surface area contributed by atoms with E-state index in [9.17, 15) is 9.59 Å². The van der Waals surface area contributed by atoms with Gasteiger partial charge >= 0.3 is 0 Å². The quantitative estimate of drug-likeness (QED) is 0.0284. The van der Waals surface area contributed by atoms with Crippen molar-refractivity contribution in [2.24, 2.45) is 11.8 Å². The summed E-state index contributed by atoms with van der Waals surface area (Å²) in [4.78, 5) is 75.1. The average molecular weight is 1330 g/mol. The van der Waals surface area contributed by atoms with E-state index in [4.69, 9.17) is 0 Å². The first-order chi connectivity index (χ1) is 43.4. The number of nitrogens with zero attached hydrogens (tertiary/aromatic N) is 2. The van der Waals surface area contributed by atoms with Crippen LogP contribution in [0, 0.1) is 25.7 Å². The van der Waals surface area contributed by atoms with Gasteiger partial charge in [-0.15, -0.1) is 79.4 Å². The highest BCUT2D eigenvalue weighted by Gasteiger charge is 2.44. The van der Waals surface area contributed by atoms with Crippen molar-refractivity contribution >= 4 is 123 Å². The number of carbonyl (C=O) groups is 4. The Morgan fingerprint density at radius 2 is 0.742 bits per heavy atom. The molecule has 478 valence electrons. The number of thiophene rings is 7. The Morgan fingerprint density at radius 3 is 1.22 bits per heavy atom. The van der Waals surface area contributed by atoms with Crippen LogP contribution in [0.1, 0.15) is 282 Å². The molecule has 10 rings (SSSR count). The van der Waals surface area contributed by atoms with Crippen LogP contribution >= 0.6 is 79.4 Å². The Kier molecular flexibility index (Phi) is 24.9. The number of unbranched alkanes of at least 4 members (excludes halogenated alkanes) is 20. The summed E-state index contributed by atoms with van der Waals surface area (Å²) in [6.45, 7) is 18.9. The largest absolute Gasteiger partial charge is 0.274 e. The van der Waals surface area contributed by atoms with Crippen LogP contribution in [0.15, 0.2) is 48.5 Å². The Balaban J connectivity index is 1.03. The number of fused-ring (bicyclic) bond motifs is 4. The Labute approximate surface area is 561 Å². The normalized spacial score (nSPS) is 14.1. The van der Waals surface area contributed by atoms with Crippen molar-refractivity contribution in [3.05, 3.63) is 90.3 Å². The molecule has 2 aliphatic heterocycles. The molecule has 0 N–H and O–H groups in total. The summed E-state index contributed by atoms with van der Waals surface area (Å²) in [5.74, 6) is 0.583. The fourth-order valence-corrected chi connectivity index (χ4v) is 22.4. The standard InChI is InChI=1S/C76H98N2O4S7/c1-9-15-19-21-23-25-27-29-31-33-43-77-73(79)62-50(8)84-70(65(62)74(77)80)59-41-42-60(87-59)71-66-67(76(82)78(75(66)81)44-34-32-30-28-26-24-22-20-16-10-2)72(89-71)61-48-56-63(57-39-37-53(85-57)46-51(13-5)35-17-11-3)55-45-49(7)83-68(55)64(69(56)88-61)58-40-38-54(86-58)47-52(14-6)36-18-12-4/h37-42,45,48,51-52H,9-36,43-44,46-47H2,1-8H3. The molecule has 2 unspecified atom stereocenters. The molecule has 0 bridgehead atoms. The first-order valence-corrected chi connectivity index (χ1v) is 40.5. The number of hydrogen-bond acceptors (Lipinski definition) is 11. The fraction of sp³-hybridized carbons (Fsp3) is 0.553. The summed E-state index contributed by atoms with van der Waals surface area (Å²) < 4.78 is 2.56. The molecule has 0 aliphatic carbocycles. The molecule has 0 radical (unpaired) electrons. The lowest BCUT2D eigenvalue weighted by Gasteiger charge is -2.14. The van der Waals surface area contributed by atoms with Gasteiger partial charge in [0.1, 0.15) is 0 Å². The molecule has 9 heterocycles. The second-order valence-electron chi connectivity index (χ2n) is 25.8. The van der Waals surface area contributed by atoms with Crippen molar-refractivity contribution in [3.8, 4) is 50.1 Å². The summed E-state index contributed by atoms with van der Waals surface area (Å²) in [5.41, 5.74) is 4.69. The minimum Gasteiger partial charge on any atom is -0.274 e. The molecule has 1 aromatic carbocycles. The summed E-state index contributed by atoms with van der Waals surface area (Å²) >= 11 is 12.3. The van der Waals surface area contributed by atoms with Gasteiger partial charge in [0.05, 0.1) is 36.9 Å². The van der Waals surface area contributed by atoms with Crippen LogP contribution in [0.5, 0.6) is 0 Å². The van der Waals surface area contributed by atoms with E-state index in [0.29, 0.717) is 47.2 Å². The zero-order valence-electron chi connectivity index (χ0n) is 54.8. The van der Waals surface area contributed by atoms with Crippen LogP contribution in [-0.2, 0) is 12.8 Å². The molecule has 0 saturated carbocycles. The van der Waals surface area contributed by atoms with E-state index in [1.165, 1.54) is 213 Å². The molecule has 2 atom stereocenters. The number of rotatable bonds is 39. The third-order valence-electron chi connectivity index (χ3n) is 19.0. The zero-order chi connectivity index (χ0) is 62.6. The second kappa shape index (κ2) is 32.7. The molecule has 13 heteroatoms. The number of benzene rings is 1. The van der Waals surface area contributed by atoms with Crippen molar-refractivity contribution in [3.63, 3.8) is 0 Å². The van der Waals surface area contributed by atoms with Crippen molar-refractivity contribution in [2.45, 2.75) is 248 Å². The van der Waals surface area contributed by atoms with Crippen LogP contribution < -0.4 is 0 Å². The molecule has 4 amide bonds. The smallest absolute Gasteiger partial charge is 0.263 e. The predicted molar refractivity (Wildman–Crippen MR) is 392 cm³/mol. The van der Waals surface area contributed by atoms with Crippen LogP contribution in [0.3, 0.4) is 0 Å². The lowest BCUT2D eigenvalue weighted by Crippen LogP contribution is -2.31. The minimum absolute atomic E-state index is 0.172. The molecule has 8 aromatic rings. The lowest BCUT2D eigenvalue weighted by atomic mass is 9.95. The number of imide groups is 2. The predicted octanol–water partition coefficient (Wildman–Crippen LogP) is 25.9. The van der Waals surface area contributed by atoms with Crippen LogP contribution in [-0.4, -0.2) is 46.5 Å². The fourth-order valence-electron chi connectivity index (χ4n) is 13.8. The first-order valence-electron chi connectivity index (χ1n) is 34.7. The Hall–Kier alpha value is -4.08. The highest BCUT2D eigenvalue weighted by atomic mass is 32.1. The lowest BCUT2D eigenvalue weighted by molar-refractivity contribution is 0.0636. The van der Waals surface area contributed by atoms with E-state index < -0.39 is 0 Å². The molecule has 0 saturated heterocycles. The Bertz CT molecular complexity index is 3570. The average Bonchev–Trinajstić information content (AvgIpc) is 1.58. The highest BCUT2D eigenvalue weighted by Crippen LogP contribution is 2.57. The molecule has 7 aromatic heterocycles. The van der Waals surface area contributed by atoms with Gasteiger partial charge in [-0.3, -0.25) is 29.0 Å². The van der Waals surface area contributed by atoms with Gasteiger partial charge in [0, 0.05) is 88.3 Å². The zero-order valence-corrected chi connectivity index (χ0v) is 60.5. The number of aryl methyl sites for hydroxylation is 2. The van der Waals surface area contributed by atoms with Crippen molar-refractivity contribution in [2.75, 3.05) is 13.1 Å². The summed E-state index contributed by atoms with van der Waals surface area (Å²) in [7, 11) is 0. The third-order valence-corrected chi connectivity index (χ3v) is 27.4. The van der Waals surface area contributed by atoms with Gasteiger partial charge in [-0.05, 0) is 99.9 Å². The SMILES string of the molecule is CCCCCCCCCCCCN1C(=O)c2c(C)sc(-c3ccc(-c4sc(-c5cc6c(-c7ccc(CC(CC)CCCC)s7)c7cc(C)sc7c(-c7ccc(CC(CC)CCCC)s7)c6s5)c5c4C(=O)N(CCCCCCCCCCCC)C5=O)s3)c2C1=O. The van der Waals surface area contributed by atoms with Crippen molar-refractivity contribution in [1.29, 1.82) is 0 Å². The summed E-state index contributed by atoms with van der Waals surface area (Å²) in [5, 5.41) is 2.51. The molecular weight excluding hydrogens is 1230 g/mol. The maximum Gasteiger partial charge on any atom is 0.263 e. The van der Waals surface area contributed by atoms with Gasteiger partial charge in [0.2, 0.25) is 0 Å². The molecule has 0 spiro atoms. The highest BCUT2D eigenvalue weighted by molar-refractivity contribution is 7.31. The molecule has 0 fully saturated rings. The molecular formula is C76H98N2O4S7. The number of hydrogen-bond donors (Lipinski definition) is 0. The summed E-state index contributed by atoms with van der Waals surface area (Å²) in [6, 6.07) is 18.5. The number of amides is 4. The van der Waals surface area contributed by atoms with Crippen molar-refractivity contribution in [1.82, 2.24) is 9.80 Å². The van der Waals surface area contributed by atoms with Crippen molar-refractivity contribution < 1.29 is 19.2 Å². The van der Waals surface area contributed by atoms with Gasteiger partial charge in [-0.1, -0.05) is 208 Å². The van der Waals surface area contributed by atoms with Gasteiger partial charge < -0.3 is 0 Å². The van der Waals surface area contributed by atoms with E-state index in [1.54, 1.807) is 38.9 Å². The van der Waals surface area contributed by atoms with E-state index in [0.717, 1.165) is 85.5 Å².